The van der Waals surface area contributed by atoms with Crippen LogP contribution in [0.25, 0.3) is 11.0 Å². The lowest BCUT2D eigenvalue weighted by molar-refractivity contribution is -0.137. The number of fused-ring (bicyclic) bond motifs is 3. The molecule has 230 valence electrons. The van der Waals surface area contributed by atoms with E-state index >= 15 is 0 Å². The Morgan fingerprint density at radius 1 is 1.05 bits per heavy atom. The van der Waals surface area contributed by atoms with Crippen molar-refractivity contribution in [2.45, 2.75) is 83.2 Å². The number of anilines is 2. The minimum atomic E-state index is -1.13. The van der Waals surface area contributed by atoms with E-state index in [-0.39, 0.29) is 5.91 Å². The fourth-order valence-corrected chi connectivity index (χ4v) is 9.34. The van der Waals surface area contributed by atoms with Crippen LogP contribution < -0.4 is 19.7 Å². The van der Waals surface area contributed by atoms with Crippen LogP contribution in [-0.4, -0.2) is 43.4 Å². The van der Waals surface area contributed by atoms with Crippen LogP contribution in [0, 0.1) is 0 Å². The molecule has 2 aliphatic heterocycles. The maximum Gasteiger partial charge on any atom is 0.323 e. The Morgan fingerprint density at radius 3 is 2.59 bits per heavy atom. The third kappa shape index (κ3) is 6.04. The molecule has 1 saturated carbocycles. The first kappa shape index (κ1) is 30.8. The zero-order valence-corrected chi connectivity index (χ0v) is 27.3. The lowest BCUT2D eigenvalue weighted by atomic mass is 9.96. The third-order valence-corrected chi connectivity index (χ3v) is 11.5. The maximum absolute atomic E-state index is 13.6. The first-order valence-corrected chi connectivity index (χ1v) is 17.6. The predicted octanol–water partition coefficient (Wildman–Crippen LogP) is 5.94. The molecule has 10 heteroatoms. The van der Waals surface area contributed by atoms with Gasteiger partial charge in [0.1, 0.15) is 20.4 Å². The number of hydrogen-bond acceptors (Lipinski definition) is 7. The number of aliphatic carboxylic acids is 1. The second-order valence-corrected chi connectivity index (χ2v) is 14.4. The minimum Gasteiger partial charge on any atom is -0.480 e. The summed E-state index contributed by atoms with van der Waals surface area (Å²) in [4.78, 5) is 43.3. The fourth-order valence-electron chi connectivity index (χ4n) is 6.78. The molecule has 1 aromatic heterocycles. The molecule has 1 N–H and O–H groups in total. The molecule has 2 unspecified atom stereocenters. The van der Waals surface area contributed by atoms with Crippen LogP contribution in [0.4, 0.5) is 11.4 Å². The van der Waals surface area contributed by atoms with E-state index in [0.717, 1.165) is 49.4 Å². The number of nitrogens with zero attached hydrogens (tertiary/aromatic N) is 3. The van der Waals surface area contributed by atoms with Crippen LogP contribution in [-0.2, 0) is 16.1 Å². The summed E-state index contributed by atoms with van der Waals surface area (Å²) in [6.45, 7) is 2.20. The molecule has 2 aromatic carbocycles. The molecule has 2 atom stereocenters. The second kappa shape index (κ2) is 13.4. The Hall–Kier alpha value is -3.21. The molecule has 6 rings (SSSR count). The summed E-state index contributed by atoms with van der Waals surface area (Å²) in [5.41, 5.74) is 4.18. The molecule has 1 aliphatic carbocycles. The molecule has 3 aliphatic rings. The SMILES string of the molecule is CCCCCCCCN1C(=O)/C(=c2/s/c(=C/c3ccc4c(c3)C3CCCC3N4c3ccccc3)c(=O)n2CC(=O)O)SC1=S. The van der Waals surface area contributed by atoms with Gasteiger partial charge in [0.05, 0.1) is 4.53 Å². The van der Waals surface area contributed by atoms with Gasteiger partial charge in [-0.3, -0.25) is 23.9 Å². The first-order chi connectivity index (χ1) is 21.4. The normalized spacial score (nSPS) is 21.0. The average Bonchev–Trinajstić information content (AvgIpc) is 3.75. The van der Waals surface area contributed by atoms with Crippen LogP contribution in [0.2, 0.25) is 0 Å². The van der Waals surface area contributed by atoms with Gasteiger partial charge in [-0.05, 0) is 60.7 Å². The predicted molar refractivity (Wildman–Crippen MR) is 183 cm³/mol. The monoisotopic (exact) mass is 647 g/mol. The highest BCUT2D eigenvalue weighted by molar-refractivity contribution is 8.30. The Balaban J connectivity index is 1.34. The van der Waals surface area contributed by atoms with Crippen LogP contribution in [0.3, 0.4) is 0 Å². The van der Waals surface area contributed by atoms with Gasteiger partial charge in [0.15, 0.2) is 0 Å². The Labute approximate surface area is 270 Å². The number of carbonyl (C=O) groups excluding carboxylic acids is 1. The first-order valence-electron chi connectivity index (χ1n) is 15.6. The van der Waals surface area contributed by atoms with Gasteiger partial charge in [-0.15, -0.1) is 11.3 Å². The number of carboxylic acids is 1. The molecule has 1 amide bonds. The number of thiazole rings is 1. The van der Waals surface area contributed by atoms with E-state index in [1.165, 1.54) is 58.5 Å². The van der Waals surface area contributed by atoms with Gasteiger partial charge in [-0.25, -0.2) is 0 Å². The number of carbonyl (C=O) groups is 2. The number of unbranched alkanes of at least 4 members (excludes halogenated alkanes) is 5. The van der Waals surface area contributed by atoms with Crippen molar-refractivity contribution in [2.75, 3.05) is 11.4 Å². The fraction of sp³-hybridized carbons (Fsp3) is 0.412. The summed E-state index contributed by atoms with van der Waals surface area (Å²) in [6, 6.07) is 17.3. The highest BCUT2D eigenvalue weighted by Crippen LogP contribution is 2.52. The average molecular weight is 648 g/mol. The number of hydrogen-bond donors (Lipinski definition) is 1. The number of carboxylic acid groups (broad SMARTS) is 1. The van der Waals surface area contributed by atoms with Crippen LogP contribution in [0.15, 0.2) is 53.3 Å². The van der Waals surface area contributed by atoms with Gasteiger partial charge in [0, 0.05) is 29.9 Å². The standard InChI is InChI=1S/C34H37N3O4S3/c1-2-3-4-5-6-10-18-35-32(41)30(44-34(35)42)33-36(21-29(38)39)31(40)28(43-33)20-22-16-17-27-25(19-22)24-14-11-15-26(24)37(27)23-12-8-7-9-13-23/h7-9,12-13,16-17,19-20,24,26H,2-6,10-11,14-15,18,21H2,1H3,(H,38,39)/b28-20+,33-30-. The highest BCUT2D eigenvalue weighted by Gasteiger charge is 2.42. The van der Waals surface area contributed by atoms with E-state index in [1.54, 1.807) is 4.90 Å². The van der Waals surface area contributed by atoms with Gasteiger partial charge >= 0.3 is 5.97 Å². The number of rotatable bonds is 11. The van der Waals surface area contributed by atoms with Crippen LogP contribution in [0.1, 0.15) is 81.8 Å². The van der Waals surface area contributed by atoms with Gasteiger partial charge < -0.3 is 10.0 Å². The number of amides is 1. The Morgan fingerprint density at radius 2 is 1.82 bits per heavy atom. The molecule has 3 heterocycles. The van der Waals surface area contributed by atoms with E-state index < -0.39 is 18.1 Å². The van der Waals surface area contributed by atoms with E-state index in [9.17, 15) is 19.5 Å². The van der Waals surface area contributed by atoms with E-state index in [2.05, 4.69) is 48.2 Å². The van der Waals surface area contributed by atoms with Crippen molar-refractivity contribution in [3.8, 4) is 0 Å². The smallest absolute Gasteiger partial charge is 0.323 e. The highest BCUT2D eigenvalue weighted by atomic mass is 32.2. The molecule has 44 heavy (non-hydrogen) atoms. The third-order valence-electron chi connectivity index (χ3n) is 8.83. The van der Waals surface area contributed by atoms with E-state index in [1.807, 2.05) is 18.2 Å². The molecule has 0 bridgehead atoms. The molecule has 0 radical (unpaired) electrons. The molecule has 1 saturated heterocycles. The number of para-hydroxylation sites is 1. The molecule has 0 spiro atoms. The van der Waals surface area contributed by atoms with Crippen molar-refractivity contribution in [3.63, 3.8) is 0 Å². The second-order valence-electron chi connectivity index (χ2n) is 11.8. The maximum atomic E-state index is 13.6. The van der Waals surface area contributed by atoms with Crippen molar-refractivity contribution < 1.29 is 14.7 Å². The van der Waals surface area contributed by atoms with Crippen molar-refractivity contribution in [1.29, 1.82) is 0 Å². The van der Waals surface area contributed by atoms with Gasteiger partial charge in [-0.1, -0.05) is 93.7 Å². The van der Waals surface area contributed by atoms with Crippen molar-refractivity contribution >= 4 is 73.9 Å². The molecular weight excluding hydrogens is 611 g/mol. The van der Waals surface area contributed by atoms with Gasteiger partial charge in [0.2, 0.25) is 0 Å². The number of aromatic nitrogens is 1. The zero-order valence-electron chi connectivity index (χ0n) is 24.9. The molecule has 2 fully saturated rings. The van der Waals surface area contributed by atoms with E-state index in [4.69, 9.17) is 12.2 Å². The van der Waals surface area contributed by atoms with Crippen molar-refractivity contribution in [2.24, 2.45) is 0 Å². The molecular formula is C34H37N3O4S3. The minimum absolute atomic E-state index is 0.244. The summed E-state index contributed by atoms with van der Waals surface area (Å²) < 4.78 is 2.44. The van der Waals surface area contributed by atoms with Crippen molar-refractivity contribution in [1.82, 2.24) is 9.47 Å². The number of benzene rings is 2. The molecule has 7 nitrogen and oxygen atoms in total. The van der Waals surface area contributed by atoms with Crippen LogP contribution >= 0.6 is 35.3 Å². The van der Waals surface area contributed by atoms with Crippen LogP contribution in [0.5, 0.6) is 0 Å². The topological polar surface area (TPSA) is 82.9 Å². The summed E-state index contributed by atoms with van der Waals surface area (Å²) in [5, 5.41) is 9.64. The van der Waals surface area contributed by atoms with Crippen molar-refractivity contribution in [3.05, 3.63) is 79.2 Å². The largest absolute Gasteiger partial charge is 0.480 e. The molecule has 3 aromatic rings. The van der Waals surface area contributed by atoms with Gasteiger partial charge in [0.25, 0.3) is 11.5 Å². The summed E-state index contributed by atoms with van der Waals surface area (Å²) >= 11 is 7.89. The van der Waals surface area contributed by atoms with E-state index in [0.29, 0.717) is 36.9 Å². The summed E-state index contributed by atoms with van der Waals surface area (Å²) in [6.07, 6.45) is 11.9. The lowest BCUT2D eigenvalue weighted by Gasteiger charge is -2.27. The van der Waals surface area contributed by atoms with Gasteiger partial charge in [-0.2, -0.15) is 0 Å². The zero-order chi connectivity index (χ0) is 30.8. The lowest BCUT2D eigenvalue weighted by Crippen LogP contribution is -2.35. The Bertz CT molecular complexity index is 1760. The quantitative estimate of drug-likeness (QED) is 0.204. The summed E-state index contributed by atoms with van der Waals surface area (Å²) in [5.74, 6) is -0.944. The number of thioether (sulfide) groups is 1. The number of thiocarbonyl (C=S) groups is 1. The summed E-state index contributed by atoms with van der Waals surface area (Å²) in [7, 11) is 0. The Kier molecular flexibility index (Phi) is 9.40.